The molecule has 1 aliphatic rings. The maximum absolute atomic E-state index is 14.4. The highest BCUT2D eigenvalue weighted by Crippen LogP contribution is 2.30. The van der Waals surface area contributed by atoms with E-state index in [4.69, 9.17) is 14.2 Å². The first-order valence-corrected chi connectivity index (χ1v) is 8.57. The highest BCUT2D eigenvalue weighted by Gasteiger charge is 2.31. The van der Waals surface area contributed by atoms with Gasteiger partial charge in [0.05, 0.1) is 13.2 Å². The van der Waals surface area contributed by atoms with Crippen LogP contribution in [-0.2, 0) is 9.47 Å². The van der Waals surface area contributed by atoms with E-state index in [1.54, 1.807) is 20.8 Å². The van der Waals surface area contributed by atoms with Gasteiger partial charge in [-0.1, -0.05) is 6.58 Å². The summed E-state index contributed by atoms with van der Waals surface area (Å²) in [6.07, 6.45) is -0.190. The van der Waals surface area contributed by atoms with Gasteiger partial charge in [-0.3, -0.25) is 0 Å². The van der Waals surface area contributed by atoms with E-state index in [0.717, 1.165) is 6.07 Å². The van der Waals surface area contributed by atoms with E-state index in [1.165, 1.54) is 17.0 Å². The second-order valence-electron chi connectivity index (χ2n) is 6.98. The lowest BCUT2D eigenvalue weighted by Gasteiger charge is -2.34. The van der Waals surface area contributed by atoms with Crippen molar-refractivity contribution in [1.29, 1.82) is 0 Å². The molecule has 1 aromatic carbocycles. The van der Waals surface area contributed by atoms with Crippen LogP contribution in [0.15, 0.2) is 35.0 Å². The quantitative estimate of drug-likeness (QED) is 0.441. The third-order valence-corrected chi connectivity index (χ3v) is 3.66. The molecule has 1 fully saturated rings. The number of hydrogen-bond donors (Lipinski definition) is 0. The van der Waals surface area contributed by atoms with Gasteiger partial charge in [0.25, 0.3) is 0 Å². The van der Waals surface area contributed by atoms with Crippen LogP contribution in [0.2, 0.25) is 0 Å². The summed E-state index contributed by atoms with van der Waals surface area (Å²) >= 11 is 0. The van der Waals surface area contributed by atoms with E-state index in [-0.39, 0.29) is 36.9 Å². The maximum atomic E-state index is 14.4. The lowest BCUT2D eigenvalue weighted by Crippen LogP contribution is -2.44. The van der Waals surface area contributed by atoms with Gasteiger partial charge in [-0.2, -0.15) is 5.10 Å². The van der Waals surface area contributed by atoms with Gasteiger partial charge in [-0.05, 0) is 32.9 Å². The second-order valence-corrected chi connectivity index (χ2v) is 6.98. The Labute approximate surface area is 162 Å². The second kappa shape index (κ2) is 8.92. The van der Waals surface area contributed by atoms with Gasteiger partial charge < -0.3 is 19.1 Å². The van der Waals surface area contributed by atoms with E-state index >= 15 is 0 Å². The fraction of sp³-hybridized carbons (Fsp3) is 0.421. The number of hydrogen-bond acceptors (Lipinski definition) is 6. The number of amides is 1. The smallest absolute Gasteiger partial charge is 0.410 e. The Morgan fingerprint density at radius 2 is 2.11 bits per heavy atom. The summed E-state index contributed by atoms with van der Waals surface area (Å²) in [6, 6.07) is 2.15. The minimum atomic E-state index is -1.12. The molecule has 0 aromatic heterocycles. The zero-order chi connectivity index (χ0) is 20.9. The molecule has 1 aromatic rings. The van der Waals surface area contributed by atoms with Crippen molar-refractivity contribution in [2.45, 2.75) is 32.5 Å². The third kappa shape index (κ3) is 5.59. The van der Waals surface area contributed by atoms with Crippen molar-refractivity contribution in [3.05, 3.63) is 42.0 Å². The van der Waals surface area contributed by atoms with Crippen LogP contribution in [0, 0.1) is 11.6 Å². The Morgan fingerprint density at radius 1 is 1.39 bits per heavy atom. The molecule has 1 saturated heterocycles. The Kier molecular flexibility index (Phi) is 6.85. The lowest BCUT2D eigenvalue weighted by molar-refractivity contribution is -0.0445. The van der Waals surface area contributed by atoms with Crippen molar-refractivity contribution in [3.8, 4) is 5.75 Å². The largest absolute Gasteiger partial charge is 0.444 e. The SMILES string of the molecule is C=C/C(=N\N=C)Oc1cc(F)c(F)c([C@@H]2CN(C(=O)OC(C)(C)C)CCO2)c1. The van der Waals surface area contributed by atoms with Crippen LogP contribution < -0.4 is 4.74 Å². The van der Waals surface area contributed by atoms with E-state index in [2.05, 4.69) is 23.5 Å². The van der Waals surface area contributed by atoms with Crippen molar-refractivity contribution in [2.24, 2.45) is 10.2 Å². The van der Waals surface area contributed by atoms with E-state index in [0.29, 0.717) is 0 Å². The van der Waals surface area contributed by atoms with Crippen LogP contribution >= 0.6 is 0 Å². The number of benzene rings is 1. The summed E-state index contributed by atoms with van der Waals surface area (Å²) in [5.74, 6) is -2.26. The van der Waals surface area contributed by atoms with Crippen molar-refractivity contribution in [1.82, 2.24) is 4.90 Å². The van der Waals surface area contributed by atoms with Crippen molar-refractivity contribution in [2.75, 3.05) is 19.7 Å². The molecular formula is C19H23F2N3O4. The minimum Gasteiger partial charge on any atom is -0.444 e. The number of nitrogens with zero attached hydrogens (tertiary/aromatic N) is 3. The lowest BCUT2D eigenvalue weighted by atomic mass is 10.1. The molecule has 152 valence electrons. The van der Waals surface area contributed by atoms with Crippen LogP contribution in [0.4, 0.5) is 13.6 Å². The minimum absolute atomic E-state index is 0.00530. The fourth-order valence-corrected chi connectivity index (χ4v) is 2.50. The Balaban J connectivity index is 2.25. The first kappa shape index (κ1) is 21.5. The number of ether oxygens (including phenoxy) is 3. The van der Waals surface area contributed by atoms with Gasteiger partial charge in [0.15, 0.2) is 11.6 Å². The van der Waals surface area contributed by atoms with Crippen molar-refractivity contribution >= 4 is 18.7 Å². The summed E-state index contributed by atoms with van der Waals surface area (Å²) in [5.41, 5.74) is -0.756. The topological polar surface area (TPSA) is 72.7 Å². The average Bonchev–Trinajstić information content (AvgIpc) is 2.62. The molecule has 0 aliphatic carbocycles. The first-order chi connectivity index (χ1) is 13.1. The molecule has 1 amide bonds. The summed E-state index contributed by atoms with van der Waals surface area (Å²) in [6.45, 7) is 12.4. The van der Waals surface area contributed by atoms with Gasteiger partial charge >= 0.3 is 6.09 Å². The Morgan fingerprint density at radius 3 is 2.71 bits per heavy atom. The molecule has 0 unspecified atom stereocenters. The number of morpholine rings is 1. The van der Waals surface area contributed by atoms with Crippen LogP contribution in [-0.4, -0.2) is 48.9 Å². The van der Waals surface area contributed by atoms with Crippen LogP contribution in [0.25, 0.3) is 0 Å². The molecule has 1 aliphatic heterocycles. The standard InChI is InChI=1S/C19H23F2N3O4/c1-6-16(23-22-5)27-12-9-13(17(21)14(20)10-12)15-11-24(7-8-26-15)18(25)28-19(2,3)4/h6,9-10,15H,1,5,7-8,11H2,2-4H3/b23-16+/t15-/m0/s1. The highest BCUT2D eigenvalue weighted by atomic mass is 19.2. The normalized spacial score (nSPS) is 17.8. The summed E-state index contributed by atoms with van der Waals surface area (Å²) in [4.78, 5) is 13.7. The highest BCUT2D eigenvalue weighted by molar-refractivity contribution is 5.88. The van der Waals surface area contributed by atoms with Crippen molar-refractivity contribution in [3.63, 3.8) is 0 Å². The molecule has 0 N–H and O–H groups in total. The van der Waals surface area contributed by atoms with Crippen molar-refractivity contribution < 1.29 is 27.8 Å². The fourth-order valence-electron chi connectivity index (χ4n) is 2.50. The van der Waals surface area contributed by atoms with Gasteiger partial charge in [0.1, 0.15) is 17.5 Å². The zero-order valence-corrected chi connectivity index (χ0v) is 16.1. The third-order valence-electron chi connectivity index (χ3n) is 3.66. The zero-order valence-electron chi connectivity index (χ0n) is 16.1. The Hall–Kier alpha value is -2.81. The molecule has 0 radical (unpaired) electrons. The van der Waals surface area contributed by atoms with Gasteiger partial charge in [0, 0.05) is 24.9 Å². The first-order valence-electron chi connectivity index (χ1n) is 8.57. The summed E-state index contributed by atoms with van der Waals surface area (Å²) in [7, 11) is 0. The summed E-state index contributed by atoms with van der Waals surface area (Å²) in [5, 5.41) is 6.88. The number of carbonyl (C=O) groups excluding carboxylic acids is 1. The van der Waals surface area contributed by atoms with Gasteiger partial charge in [0.2, 0.25) is 5.90 Å². The molecule has 2 rings (SSSR count). The van der Waals surface area contributed by atoms with Crippen LogP contribution in [0.1, 0.15) is 32.4 Å². The molecule has 7 nitrogen and oxygen atoms in total. The number of carbonyl (C=O) groups is 1. The Bertz CT molecular complexity index is 790. The maximum Gasteiger partial charge on any atom is 0.410 e. The monoisotopic (exact) mass is 395 g/mol. The van der Waals surface area contributed by atoms with Gasteiger partial charge in [-0.15, -0.1) is 5.10 Å². The van der Waals surface area contributed by atoms with Crippen LogP contribution in [0.5, 0.6) is 5.75 Å². The molecule has 28 heavy (non-hydrogen) atoms. The molecule has 0 spiro atoms. The molecule has 9 heteroatoms. The number of rotatable bonds is 4. The number of halogens is 2. The predicted octanol–water partition coefficient (Wildman–Crippen LogP) is 3.85. The van der Waals surface area contributed by atoms with E-state index in [1.807, 2.05) is 0 Å². The average molecular weight is 395 g/mol. The summed E-state index contributed by atoms with van der Waals surface area (Å²) < 4.78 is 44.7. The predicted molar refractivity (Wildman–Crippen MR) is 101 cm³/mol. The van der Waals surface area contributed by atoms with Gasteiger partial charge in [-0.25, -0.2) is 13.6 Å². The van der Waals surface area contributed by atoms with E-state index in [9.17, 15) is 13.6 Å². The molecule has 1 atom stereocenters. The van der Waals surface area contributed by atoms with Crippen LogP contribution in [0.3, 0.4) is 0 Å². The molecule has 0 bridgehead atoms. The van der Waals surface area contributed by atoms with E-state index < -0.39 is 29.4 Å². The molecular weight excluding hydrogens is 372 g/mol. The molecule has 0 saturated carbocycles. The molecule has 1 heterocycles.